The lowest BCUT2D eigenvalue weighted by Crippen LogP contribution is -2.32. The SMILES string of the molecule is C[C@@H]1NCC[C@@H]1C(=O)Nc1cc(F)c(F)c(F)c1.Cl.S.S. The zero-order valence-corrected chi connectivity index (χ0v) is 14.0. The molecule has 1 saturated heterocycles. The van der Waals surface area contributed by atoms with Crippen molar-refractivity contribution in [3.8, 4) is 0 Å². The summed E-state index contributed by atoms with van der Waals surface area (Å²) < 4.78 is 38.7. The van der Waals surface area contributed by atoms with Gasteiger partial charge in [-0.05, 0) is 19.9 Å². The van der Waals surface area contributed by atoms with E-state index in [1.165, 1.54) is 0 Å². The minimum absolute atomic E-state index is 0. The van der Waals surface area contributed by atoms with Gasteiger partial charge in [-0.2, -0.15) is 27.0 Å². The normalized spacial score (nSPS) is 19.8. The molecule has 1 amide bonds. The second-order valence-electron chi connectivity index (χ2n) is 4.38. The fourth-order valence-corrected chi connectivity index (χ4v) is 2.08. The molecule has 1 aliphatic rings. The van der Waals surface area contributed by atoms with E-state index in [0.29, 0.717) is 6.42 Å². The summed E-state index contributed by atoms with van der Waals surface area (Å²) in [6.07, 6.45) is 0.666. The summed E-state index contributed by atoms with van der Waals surface area (Å²) in [4.78, 5) is 11.8. The lowest BCUT2D eigenvalue weighted by atomic mass is 10.0. The van der Waals surface area contributed by atoms with Gasteiger partial charge >= 0.3 is 0 Å². The topological polar surface area (TPSA) is 41.1 Å². The van der Waals surface area contributed by atoms with Gasteiger partial charge in [0.2, 0.25) is 5.91 Å². The third kappa shape index (κ3) is 5.28. The molecule has 1 heterocycles. The van der Waals surface area contributed by atoms with E-state index in [0.717, 1.165) is 18.7 Å². The Morgan fingerprint density at radius 1 is 1.24 bits per heavy atom. The fourth-order valence-electron chi connectivity index (χ4n) is 2.08. The molecule has 9 heteroatoms. The minimum atomic E-state index is -1.54. The number of amides is 1. The van der Waals surface area contributed by atoms with E-state index in [9.17, 15) is 18.0 Å². The van der Waals surface area contributed by atoms with Crippen molar-refractivity contribution in [1.29, 1.82) is 0 Å². The van der Waals surface area contributed by atoms with Crippen molar-refractivity contribution in [3.05, 3.63) is 29.6 Å². The molecule has 1 aliphatic heterocycles. The van der Waals surface area contributed by atoms with Crippen LogP contribution < -0.4 is 10.6 Å². The van der Waals surface area contributed by atoms with Gasteiger partial charge in [-0.15, -0.1) is 12.4 Å². The maximum Gasteiger partial charge on any atom is 0.229 e. The number of rotatable bonds is 2. The molecule has 2 N–H and O–H groups in total. The van der Waals surface area contributed by atoms with Gasteiger partial charge in [0.15, 0.2) is 17.5 Å². The molecular weight excluding hydrogens is 345 g/mol. The molecule has 0 saturated carbocycles. The van der Waals surface area contributed by atoms with Gasteiger partial charge < -0.3 is 10.6 Å². The van der Waals surface area contributed by atoms with E-state index < -0.39 is 17.5 Å². The zero-order valence-electron chi connectivity index (χ0n) is 11.2. The van der Waals surface area contributed by atoms with Crippen LogP contribution in [0.5, 0.6) is 0 Å². The van der Waals surface area contributed by atoms with Gasteiger partial charge in [0.05, 0.1) is 5.92 Å². The minimum Gasteiger partial charge on any atom is -0.326 e. The first-order valence-electron chi connectivity index (χ1n) is 5.68. The smallest absolute Gasteiger partial charge is 0.229 e. The van der Waals surface area contributed by atoms with Crippen LogP contribution in [0.1, 0.15) is 13.3 Å². The third-order valence-electron chi connectivity index (χ3n) is 3.11. The third-order valence-corrected chi connectivity index (χ3v) is 3.11. The molecule has 122 valence electrons. The number of hydrogen-bond donors (Lipinski definition) is 2. The van der Waals surface area contributed by atoms with Gasteiger partial charge in [-0.1, -0.05) is 0 Å². The Morgan fingerprint density at radius 3 is 2.19 bits per heavy atom. The summed E-state index contributed by atoms with van der Waals surface area (Å²) in [5, 5.41) is 5.50. The van der Waals surface area contributed by atoms with Crippen LogP contribution in [0.3, 0.4) is 0 Å². The Bertz CT molecular complexity index is 471. The van der Waals surface area contributed by atoms with Crippen molar-refractivity contribution in [2.24, 2.45) is 5.92 Å². The van der Waals surface area contributed by atoms with E-state index in [2.05, 4.69) is 10.6 Å². The van der Waals surface area contributed by atoms with Gasteiger partial charge in [-0.3, -0.25) is 4.79 Å². The van der Waals surface area contributed by atoms with E-state index in [-0.39, 0.29) is 63.0 Å². The molecular formula is C12H18ClF3N2OS2. The van der Waals surface area contributed by atoms with E-state index in [1.807, 2.05) is 6.92 Å². The summed E-state index contributed by atoms with van der Waals surface area (Å²) >= 11 is 0. The average molecular weight is 363 g/mol. The molecule has 0 spiro atoms. The van der Waals surface area contributed by atoms with E-state index in [4.69, 9.17) is 0 Å². The maximum atomic E-state index is 13.0. The lowest BCUT2D eigenvalue weighted by molar-refractivity contribution is -0.120. The van der Waals surface area contributed by atoms with Crippen molar-refractivity contribution in [3.63, 3.8) is 0 Å². The molecule has 1 aromatic carbocycles. The second kappa shape index (κ2) is 9.45. The quantitative estimate of drug-likeness (QED) is 0.794. The molecule has 0 aliphatic carbocycles. The van der Waals surface area contributed by atoms with Crippen LogP contribution >= 0.6 is 39.4 Å². The van der Waals surface area contributed by atoms with Crippen LogP contribution in [0.4, 0.5) is 18.9 Å². The van der Waals surface area contributed by atoms with Crippen molar-refractivity contribution < 1.29 is 18.0 Å². The Kier molecular flexibility index (Phi) is 10.2. The monoisotopic (exact) mass is 362 g/mol. The van der Waals surface area contributed by atoms with Crippen molar-refractivity contribution >= 4 is 51.0 Å². The highest BCUT2D eigenvalue weighted by atomic mass is 35.5. The number of nitrogens with one attached hydrogen (secondary N) is 2. The van der Waals surface area contributed by atoms with Crippen molar-refractivity contribution in [1.82, 2.24) is 5.32 Å². The summed E-state index contributed by atoms with van der Waals surface area (Å²) in [6.45, 7) is 2.59. The number of hydrogen-bond acceptors (Lipinski definition) is 2. The maximum absolute atomic E-state index is 13.0. The first-order chi connectivity index (χ1) is 8.49. The van der Waals surface area contributed by atoms with Crippen LogP contribution in [0.15, 0.2) is 12.1 Å². The predicted molar refractivity (Wildman–Crippen MR) is 88.5 cm³/mol. The molecule has 1 aromatic rings. The molecule has 2 atom stereocenters. The number of anilines is 1. The molecule has 0 radical (unpaired) electrons. The standard InChI is InChI=1S/C12H13F3N2O.ClH.2H2S/c1-6-8(2-3-16-6)12(18)17-7-4-9(13)11(15)10(14)5-7;;;/h4-6,8,16H,2-3H2,1H3,(H,17,18);1H;2*1H2/t6-,8-;;;/m0.../s1. The first kappa shape index (κ1) is 22.7. The van der Waals surface area contributed by atoms with Gasteiger partial charge in [-0.25, -0.2) is 13.2 Å². The summed E-state index contributed by atoms with van der Waals surface area (Å²) in [5.41, 5.74) is -0.0736. The molecule has 0 unspecified atom stereocenters. The van der Waals surface area contributed by atoms with Crippen LogP contribution in [-0.4, -0.2) is 18.5 Å². The molecule has 1 fully saturated rings. The van der Waals surface area contributed by atoms with Crippen LogP contribution in [0, 0.1) is 23.4 Å². The largest absolute Gasteiger partial charge is 0.326 e. The van der Waals surface area contributed by atoms with Gasteiger partial charge in [0.1, 0.15) is 0 Å². The number of carbonyl (C=O) groups excluding carboxylic acids is 1. The van der Waals surface area contributed by atoms with Crippen molar-refractivity contribution in [2.75, 3.05) is 11.9 Å². The van der Waals surface area contributed by atoms with E-state index in [1.54, 1.807) is 0 Å². The zero-order chi connectivity index (χ0) is 13.3. The number of halogens is 4. The molecule has 2 rings (SSSR count). The molecule has 3 nitrogen and oxygen atoms in total. The average Bonchev–Trinajstić information content (AvgIpc) is 2.72. The molecule has 21 heavy (non-hydrogen) atoms. The van der Waals surface area contributed by atoms with Crippen LogP contribution in [0.25, 0.3) is 0 Å². The van der Waals surface area contributed by atoms with Gasteiger partial charge in [0, 0.05) is 23.9 Å². The Morgan fingerprint density at radius 2 is 1.76 bits per heavy atom. The Hall–Kier alpha value is -0.570. The highest BCUT2D eigenvalue weighted by Gasteiger charge is 2.29. The summed E-state index contributed by atoms with van der Waals surface area (Å²) in [5.74, 6) is -4.74. The van der Waals surface area contributed by atoms with E-state index >= 15 is 0 Å². The van der Waals surface area contributed by atoms with Crippen molar-refractivity contribution in [2.45, 2.75) is 19.4 Å². The van der Waals surface area contributed by atoms with Gasteiger partial charge in [0.25, 0.3) is 0 Å². The predicted octanol–water partition coefficient (Wildman–Crippen LogP) is 2.69. The fraction of sp³-hybridized carbons (Fsp3) is 0.417. The Balaban J connectivity index is 0. The Labute approximate surface area is 141 Å². The highest BCUT2D eigenvalue weighted by molar-refractivity contribution is 7.59. The first-order valence-corrected chi connectivity index (χ1v) is 5.68. The molecule has 0 bridgehead atoms. The second-order valence-corrected chi connectivity index (χ2v) is 4.38. The highest BCUT2D eigenvalue weighted by Crippen LogP contribution is 2.21. The summed E-state index contributed by atoms with van der Waals surface area (Å²) in [7, 11) is 0. The number of carbonyl (C=O) groups is 1. The summed E-state index contributed by atoms with van der Waals surface area (Å²) in [6, 6.07) is 1.55. The van der Waals surface area contributed by atoms with Crippen LogP contribution in [0.2, 0.25) is 0 Å². The molecule has 0 aromatic heterocycles. The lowest BCUT2D eigenvalue weighted by Gasteiger charge is -2.15. The number of benzene rings is 1. The van der Waals surface area contributed by atoms with Crippen LogP contribution in [-0.2, 0) is 4.79 Å².